The fraction of sp³-hybridized carbons (Fsp3) is 0.667. The standard InChI is InChI=1S/C12H16F3N3O/c1-6(2)18-7(3)9(10(17-18)12(13,14)15)11(19)16-8-4-5-8/h6,8H,4-5H2,1-3H3,(H,16,19). The highest BCUT2D eigenvalue weighted by atomic mass is 19.4. The lowest BCUT2D eigenvalue weighted by molar-refractivity contribution is -0.141. The molecule has 1 N–H and O–H groups in total. The van der Waals surface area contributed by atoms with Crippen molar-refractivity contribution in [2.75, 3.05) is 0 Å². The average Bonchev–Trinajstić information content (AvgIpc) is 2.97. The van der Waals surface area contributed by atoms with Gasteiger partial charge < -0.3 is 5.32 Å². The van der Waals surface area contributed by atoms with E-state index >= 15 is 0 Å². The molecule has 1 fully saturated rings. The maximum atomic E-state index is 13.0. The van der Waals surface area contributed by atoms with Gasteiger partial charge in [0.05, 0.1) is 5.56 Å². The zero-order valence-electron chi connectivity index (χ0n) is 11.0. The smallest absolute Gasteiger partial charge is 0.349 e. The summed E-state index contributed by atoms with van der Waals surface area (Å²) in [4.78, 5) is 12.0. The highest BCUT2D eigenvalue weighted by Gasteiger charge is 2.41. The van der Waals surface area contributed by atoms with Gasteiger partial charge in [0.2, 0.25) is 0 Å². The summed E-state index contributed by atoms with van der Waals surface area (Å²) in [6.45, 7) is 4.94. The third-order valence-electron chi connectivity index (χ3n) is 3.05. The Labute approximate surface area is 109 Å². The second-order valence-electron chi connectivity index (χ2n) is 5.09. The van der Waals surface area contributed by atoms with Gasteiger partial charge in [0.25, 0.3) is 5.91 Å². The van der Waals surface area contributed by atoms with Gasteiger partial charge in [0, 0.05) is 17.8 Å². The highest BCUT2D eigenvalue weighted by molar-refractivity contribution is 5.97. The fourth-order valence-electron chi connectivity index (χ4n) is 1.98. The quantitative estimate of drug-likeness (QED) is 0.922. The molecule has 1 aliphatic rings. The third-order valence-corrected chi connectivity index (χ3v) is 3.05. The van der Waals surface area contributed by atoms with Crippen molar-refractivity contribution in [1.29, 1.82) is 0 Å². The van der Waals surface area contributed by atoms with Crippen molar-refractivity contribution in [3.05, 3.63) is 17.0 Å². The van der Waals surface area contributed by atoms with Gasteiger partial charge in [-0.1, -0.05) is 0 Å². The van der Waals surface area contributed by atoms with Crippen molar-refractivity contribution in [1.82, 2.24) is 15.1 Å². The number of halogens is 3. The highest BCUT2D eigenvalue weighted by Crippen LogP contribution is 2.33. The SMILES string of the molecule is Cc1c(C(=O)NC2CC2)c(C(F)(F)F)nn1C(C)C. The fourth-order valence-corrected chi connectivity index (χ4v) is 1.98. The van der Waals surface area contributed by atoms with E-state index in [0.717, 1.165) is 12.8 Å². The minimum atomic E-state index is -4.62. The number of hydrogen-bond acceptors (Lipinski definition) is 2. The average molecular weight is 275 g/mol. The molecule has 4 nitrogen and oxygen atoms in total. The largest absolute Gasteiger partial charge is 0.435 e. The molecule has 0 unspecified atom stereocenters. The molecule has 0 radical (unpaired) electrons. The molecule has 0 bridgehead atoms. The van der Waals surface area contributed by atoms with Crippen LogP contribution in [0.4, 0.5) is 13.2 Å². The molecule has 0 aliphatic heterocycles. The van der Waals surface area contributed by atoms with Crippen LogP contribution in [0.5, 0.6) is 0 Å². The predicted molar refractivity (Wildman–Crippen MR) is 62.8 cm³/mol. The number of nitrogens with one attached hydrogen (secondary N) is 1. The predicted octanol–water partition coefficient (Wildman–Crippen LogP) is 2.68. The summed E-state index contributed by atoms with van der Waals surface area (Å²) in [5, 5.41) is 6.14. The maximum absolute atomic E-state index is 13.0. The van der Waals surface area contributed by atoms with E-state index < -0.39 is 17.8 Å². The monoisotopic (exact) mass is 275 g/mol. The Balaban J connectivity index is 2.45. The number of nitrogens with zero attached hydrogens (tertiary/aromatic N) is 2. The molecular formula is C12H16F3N3O. The normalized spacial score (nSPS) is 15.9. The van der Waals surface area contributed by atoms with Crippen LogP contribution < -0.4 is 5.32 Å². The number of hydrogen-bond donors (Lipinski definition) is 1. The van der Waals surface area contributed by atoms with Crippen molar-refractivity contribution in [2.45, 2.75) is 51.9 Å². The van der Waals surface area contributed by atoms with Crippen molar-refractivity contribution < 1.29 is 18.0 Å². The van der Waals surface area contributed by atoms with Crippen LogP contribution in [-0.4, -0.2) is 21.7 Å². The molecule has 1 heterocycles. The summed E-state index contributed by atoms with van der Waals surface area (Å²) in [7, 11) is 0. The lowest BCUT2D eigenvalue weighted by Gasteiger charge is -2.08. The van der Waals surface area contributed by atoms with E-state index in [1.54, 1.807) is 13.8 Å². The zero-order chi connectivity index (χ0) is 14.4. The Morgan fingerprint density at radius 3 is 2.42 bits per heavy atom. The van der Waals surface area contributed by atoms with Crippen molar-refractivity contribution in [2.24, 2.45) is 0 Å². The molecule has 7 heteroatoms. The van der Waals surface area contributed by atoms with Crippen LogP contribution in [0.3, 0.4) is 0 Å². The first kappa shape index (κ1) is 13.9. The van der Waals surface area contributed by atoms with Gasteiger partial charge in [-0.15, -0.1) is 0 Å². The topological polar surface area (TPSA) is 46.9 Å². The molecule has 1 aliphatic carbocycles. The number of amides is 1. The molecule has 1 aromatic rings. The maximum Gasteiger partial charge on any atom is 0.435 e. The van der Waals surface area contributed by atoms with Gasteiger partial charge in [-0.3, -0.25) is 9.48 Å². The van der Waals surface area contributed by atoms with Crippen LogP contribution in [0.2, 0.25) is 0 Å². The molecule has 0 atom stereocenters. The van der Waals surface area contributed by atoms with Crippen LogP contribution >= 0.6 is 0 Å². The summed E-state index contributed by atoms with van der Waals surface area (Å²) >= 11 is 0. The lowest BCUT2D eigenvalue weighted by atomic mass is 10.1. The van der Waals surface area contributed by atoms with E-state index in [4.69, 9.17) is 0 Å². The molecule has 0 spiro atoms. The molecule has 0 aromatic carbocycles. The summed E-state index contributed by atoms with van der Waals surface area (Å²) in [6.07, 6.45) is -2.98. The van der Waals surface area contributed by atoms with Gasteiger partial charge >= 0.3 is 6.18 Å². The molecular weight excluding hydrogens is 259 g/mol. The summed E-state index contributed by atoms with van der Waals surface area (Å²) in [5.41, 5.74) is -1.20. The van der Waals surface area contributed by atoms with E-state index in [0.29, 0.717) is 0 Å². The minimum absolute atomic E-state index is 0.00961. The van der Waals surface area contributed by atoms with Crippen molar-refractivity contribution in [3.8, 4) is 0 Å². The number of alkyl halides is 3. The third kappa shape index (κ3) is 2.74. The Bertz CT molecular complexity index is 501. The first-order valence-corrected chi connectivity index (χ1v) is 6.19. The summed E-state index contributed by atoms with van der Waals surface area (Å²) < 4.78 is 40.1. The first-order valence-electron chi connectivity index (χ1n) is 6.19. The van der Waals surface area contributed by atoms with E-state index in [2.05, 4.69) is 10.4 Å². The zero-order valence-corrected chi connectivity index (χ0v) is 11.0. The van der Waals surface area contributed by atoms with Crippen LogP contribution in [0, 0.1) is 6.92 Å². The van der Waals surface area contributed by atoms with Crippen molar-refractivity contribution >= 4 is 5.91 Å². The Hall–Kier alpha value is -1.53. The summed E-state index contributed by atoms with van der Waals surface area (Å²) in [6, 6.07) is -0.223. The van der Waals surface area contributed by atoms with Gasteiger partial charge in [-0.25, -0.2) is 0 Å². The van der Waals surface area contributed by atoms with Crippen LogP contribution in [0.15, 0.2) is 0 Å². The van der Waals surface area contributed by atoms with E-state index in [9.17, 15) is 18.0 Å². The Morgan fingerprint density at radius 2 is 2.00 bits per heavy atom. The van der Waals surface area contributed by atoms with E-state index in [-0.39, 0.29) is 23.3 Å². The molecule has 0 saturated heterocycles. The molecule has 2 rings (SSSR count). The van der Waals surface area contributed by atoms with E-state index in [1.807, 2.05) is 0 Å². The minimum Gasteiger partial charge on any atom is -0.349 e. The van der Waals surface area contributed by atoms with Gasteiger partial charge in [0.15, 0.2) is 5.69 Å². The molecule has 1 amide bonds. The number of carbonyl (C=O) groups is 1. The lowest BCUT2D eigenvalue weighted by Crippen LogP contribution is -2.28. The number of rotatable bonds is 3. The molecule has 1 saturated carbocycles. The molecule has 1 aromatic heterocycles. The summed E-state index contributed by atoms with van der Waals surface area (Å²) in [5.74, 6) is -0.681. The van der Waals surface area contributed by atoms with Gasteiger partial charge in [-0.2, -0.15) is 18.3 Å². The second kappa shape index (κ2) is 4.54. The van der Waals surface area contributed by atoms with E-state index in [1.165, 1.54) is 11.6 Å². The molecule has 19 heavy (non-hydrogen) atoms. The second-order valence-corrected chi connectivity index (χ2v) is 5.09. The van der Waals surface area contributed by atoms with Gasteiger partial charge in [-0.05, 0) is 33.6 Å². The molecule has 106 valence electrons. The Morgan fingerprint density at radius 1 is 1.42 bits per heavy atom. The Kier molecular flexibility index (Phi) is 3.32. The number of carbonyl (C=O) groups excluding carboxylic acids is 1. The first-order chi connectivity index (χ1) is 8.71. The van der Waals surface area contributed by atoms with Crippen LogP contribution in [0.1, 0.15) is 54.5 Å². The van der Waals surface area contributed by atoms with Crippen LogP contribution in [0.25, 0.3) is 0 Å². The van der Waals surface area contributed by atoms with Crippen molar-refractivity contribution in [3.63, 3.8) is 0 Å². The van der Waals surface area contributed by atoms with Crippen LogP contribution in [-0.2, 0) is 6.18 Å². The number of aromatic nitrogens is 2. The van der Waals surface area contributed by atoms with Gasteiger partial charge in [0.1, 0.15) is 0 Å².